The highest BCUT2D eigenvalue weighted by Gasteiger charge is 2.07. The molecule has 0 aliphatic carbocycles. The smallest absolute Gasteiger partial charge is 0.154 e. The van der Waals surface area contributed by atoms with E-state index in [2.05, 4.69) is 4.98 Å². The van der Waals surface area contributed by atoms with Crippen molar-refractivity contribution in [3.8, 4) is 0 Å². The van der Waals surface area contributed by atoms with Gasteiger partial charge in [-0.1, -0.05) is 29.4 Å². The number of nitrogens with one attached hydrogen (secondary N) is 1. The highest BCUT2D eigenvalue weighted by molar-refractivity contribution is 8.01. The molecule has 0 bridgehead atoms. The quantitative estimate of drug-likeness (QED) is 0.669. The summed E-state index contributed by atoms with van der Waals surface area (Å²) in [6, 6.07) is 5.35. The Bertz CT molecular complexity index is 566. The monoisotopic (exact) mass is 283 g/mol. The molecule has 17 heavy (non-hydrogen) atoms. The first kappa shape index (κ1) is 12.4. The first-order valence-electron chi connectivity index (χ1n) is 4.80. The lowest BCUT2D eigenvalue weighted by molar-refractivity contribution is 1.16. The topological polar surface area (TPSA) is 62.8 Å². The van der Waals surface area contributed by atoms with Gasteiger partial charge in [-0.15, -0.1) is 11.3 Å². The fraction of sp³-hybridized carbons (Fsp3) is 0.0909. The predicted molar refractivity (Wildman–Crippen MR) is 73.4 cm³/mol. The molecule has 0 amide bonds. The second-order valence-corrected chi connectivity index (χ2v) is 5.97. The van der Waals surface area contributed by atoms with Gasteiger partial charge in [-0.2, -0.15) is 0 Å². The van der Waals surface area contributed by atoms with Crippen LogP contribution in [0.4, 0.5) is 0 Å². The Labute approximate surface area is 113 Å². The summed E-state index contributed by atoms with van der Waals surface area (Å²) in [5.41, 5.74) is 7.04. The molecule has 0 radical (unpaired) electrons. The summed E-state index contributed by atoms with van der Waals surface area (Å²) in [5.74, 6) is 0.0218. The van der Waals surface area contributed by atoms with Crippen molar-refractivity contribution in [2.24, 2.45) is 5.73 Å². The molecule has 0 saturated carbocycles. The molecule has 1 aromatic heterocycles. The number of hydrogen-bond donors (Lipinski definition) is 2. The fourth-order valence-corrected chi connectivity index (χ4v) is 3.32. The summed E-state index contributed by atoms with van der Waals surface area (Å²) in [7, 11) is 0. The van der Waals surface area contributed by atoms with E-state index in [0.29, 0.717) is 10.6 Å². The fourth-order valence-electron chi connectivity index (χ4n) is 1.22. The van der Waals surface area contributed by atoms with Gasteiger partial charge in [0.15, 0.2) is 4.34 Å². The van der Waals surface area contributed by atoms with E-state index in [-0.39, 0.29) is 5.84 Å². The van der Waals surface area contributed by atoms with Gasteiger partial charge in [0.05, 0.1) is 5.02 Å². The standard InChI is InChI=1S/C11H10ClN3S2/c1-6-5-16-11(15-6)17-9-3-2-7(10(13)14)4-8(9)12/h2-5H,1H3,(H3,13,14). The summed E-state index contributed by atoms with van der Waals surface area (Å²) in [4.78, 5) is 5.28. The molecule has 0 aliphatic rings. The van der Waals surface area contributed by atoms with E-state index in [1.807, 2.05) is 18.4 Å². The SMILES string of the molecule is Cc1csc(Sc2ccc(C(=N)N)cc2Cl)n1. The molecule has 0 spiro atoms. The van der Waals surface area contributed by atoms with Crippen LogP contribution in [-0.2, 0) is 0 Å². The number of rotatable bonds is 3. The number of nitrogen functional groups attached to an aromatic ring is 1. The Hall–Kier alpha value is -1.04. The summed E-state index contributed by atoms with van der Waals surface area (Å²) < 4.78 is 0.958. The zero-order valence-corrected chi connectivity index (χ0v) is 11.4. The van der Waals surface area contributed by atoms with Gasteiger partial charge in [-0.25, -0.2) is 4.98 Å². The van der Waals surface area contributed by atoms with E-state index < -0.39 is 0 Å². The Kier molecular flexibility index (Phi) is 3.71. The van der Waals surface area contributed by atoms with Crippen molar-refractivity contribution in [3.63, 3.8) is 0 Å². The van der Waals surface area contributed by atoms with Crippen molar-refractivity contribution in [2.45, 2.75) is 16.2 Å². The minimum atomic E-state index is 0.0218. The third-order valence-corrected chi connectivity index (χ3v) is 4.60. The number of amidine groups is 1. The molecule has 1 heterocycles. The van der Waals surface area contributed by atoms with Crippen molar-refractivity contribution >= 4 is 40.5 Å². The number of hydrogen-bond acceptors (Lipinski definition) is 4. The number of aromatic nitrogens is 1. The first-order chi connectivity index (χ1) is 8.06. The first-order valence-corrected chi connectivity index (χ1v) is 6.87. The molecular weight excluding hydrogens is 274 g/mol. The van der Waals surface area contributed by atoms with E-state index in [9.17, 15) is 0 Å². The summed E-state index contributed by atoms with van der Waals surface area (Å²) in [6.45, 7) is 1.96. The maximum Gasteiger partial charge on any atom is 0.154 e. The molecule has 1 aromatic carbocycles. The van der Waals surface area contributed by atoms with Gasteiger partial charge in [0.25, 0.3) is 0 Å². The number of halogens is 1. The maximum absolute atomic E-state index is 7.33. The Morgan fingerprint density at radius 1 is 1.53 bits per heavy atom. The number of benzene rings is 1. The van der Waals surface area contributed by atoms with Crippen LogP contribution in [0.2, 0.25) is 5.02 Å². The minimum Gasteiger partial charge on any atom is -0.384 e. The van der Waals surface area contributed by atoms with Crippen molar-refractivity contribution in [1.29, 1.82) is 5.41 Å². The molecule has 2 rings (SSSR count). The van der Waals surface area contributed by atoms with Gasteiger partial charge in [-0.3, -0.25) is 5.41 Å². The van der Waals surface area contributed by atoms with Gasteiger partial charge >= 0.3 is 0 Å². The summed E-state index contributed by atoms with van der Waals surface area (Å²) in [6.07, 6.45) is 0. The minimum absolute atomic E-state index is 0.0218. The zero-order chi connectivity index (χ0) is 12.4. The third-order valence-electron chi connectivity index (χ3n) is 2.04. The maximum atomic E-state index is 7.33. The zero-order valence-electron chi connectivity index (χ0n) is 9.03. The number of thiazole rings is 1. The van der Waals surface area contributed by atoms with Gasteiger partial charge < -0.3 is 5.73 Å². The van der Waals surface area contributed by atoms with Crippen molar-refractivity contribution in [3.05, 3.63) is 39.9 Å². The van der Waals surface area contributed by atoms with Gasteiger partial charge in [0.2, 0.25) is 0 Å². The average molecular weight is 284 g/mol. The second-order valence-electron chi connectivity index (χ2n) is 3.42. The van der Waals surface area contributed by atoms with Crippen LogP contribution in [0.15, 0.2) is 32.8 Å². The highest BCUT2D eigenvalue weighted by Crippen LogP contribution is 2.35. The number of nitrogens with zero attached hydrogens (tertiary/aromatic N) is 1. The van der Waals surface area contributed by atoms with Gasteiger partial charge in [0, 0.05) is 21.5 Å². The van der Waals surface area contributed by atoms with Crippen LogP contribution in [0.25, 0.3) is 0 Å². The summed E-state index contributed by atoms with van der Waals surface area (Å²) in [5, 5.41) is 9.92. The van der Waals surface area contributed by atoms with Gasteiger partial charge in [-0.05, 0) is 19.1 Å². The Morgan fingerprint density at radius 2 is 2.29 bits per heavy atom. The largest absolute Gasteiger partial charge is 0.384 e. The molecule has 6 heteroatoms. The Balaban J connectivity index is 2.25. The molecule has 2 aromatic rings. The molecule has 0 fully saturated rings. The molecular formula is C11H10ClN3S2. The molecule has 0 saturated heterocycles. The molecule has 0 atom stereocenters. The van der Waals surface area contributed by atoms with Crippen LogP contribution in [0.3, 0.4) is 0 Å². The predicted octanol–water partition coefficient (Wildman–Crippen LogP) is 3.54. The molecule has 0 aliphatic heterocycles. The highest BCUT2D eigenvalue weighted by atomic mass is 35.5. The van der Waals surface area contributed by atoms with Crippen LogP contribution in [0.5, 0.6) is 0 Å². The normalized spacial score (nSPS) is 10.5. The number of aryl methyl sites for hydroxylation is 1. The second kappa shape index (κ2) is 5.08. The van der Waals surface area contributed by atoms with E-state index in [1.54, 1.807) is 23.5 Å². The lowest BCUT2D eigenvalue weighted by atomic mass is 10.2. The van der Waals surface area contributed by atoms with Crippen LogP contribution in [-0.4, -0.2) is 10.8 Å². The van der Waals surface area contributed by atoms with Gasteiger partial charge in [0.1, 0.15) is 5.84 Å². The number of nitrogens with two attached hydrogens (primary N) is 1. The Morgan fingerprint density at radius 3 is 2.82 bits per heavy atom. The van der Waals surface area contributed by atoms with Crippen molar-refractivity contribution in [1.82, 2.24) is 4.98 Å². The van der Waals surface area contributed by atoms with Crippen LogP contribution in [0.1, 0.15) is 11.3 Å². The molecule has 3 nitrogen and oxygen atoms in total. The van der Waals surface area contributed by atoms with E-state index in [1.165, 1.54) is 11.8 Å². The molecule has 0 unspecified atom stereocenters. The lowest BCUT2D eigenvalue weighted by Gasteiger charge is -2.04. The lowest BCUT2D eigenvalue weighted by Crippen LogP contribution is -2.10. The van der Waals surface area contributed by atoms with E-state index >= 15 is 0 Å². The van der Waals surface area contributed by atoms with E-state index in [4.69, 9.17) is 22.7 Å². The third kappa shape index (κ3) is 3.00. The molecule has 3 N–H and O–H groups in total. The van der Waals surface area contributed by atoms with Crippen LogP contribution in [0, 0.1) is 12.3 Å². The van der Waals surface area contributed by atoms with Crippen LogP contribution < -0.4 is 5.73 Å². The van der Waals surface area contributed by atoms with Crippen molar-refractivity contribution < 1.29 is 0 Å². The van der Waals surface area contributed by atoms with E-state index in [0.717, 1.165) is 14.9 Å². The summed E-state index contributed by atoms with van der Waals surface area (Å²) >= 11 is 9.24. The van der Waals surface area contributed by atoms with Crippen LogP contribution >= 0.6 is 34.7 Å². The average Bonchev–Trinajstić information content (AvgIpc) is 2.67. The van der Waals surface area contributed by atoms with Crippen molar-refractivity contribution in [2.75, 3.05) is 0 Å². The molecule has 88 valence electrons.